The molecule has 0 aliphatic carbocycles. The summed E-state index contributed by atoms with van der Waals surface area (Å²) in [5.41, 5.74) is 5.62. The van der Waals surface area contributed by atoms with Gasteiger partial charge in [0.05, 0.1) is 0 Å². The molecule has 1 rings (SSSR count). The molecule has 1 aliphatic heterocycles. The molecule has 1 unspecified atom stereocenters. The van der Waals surface area contributed by atoms with Gasteiger partial charge in [0.2, 0.25) is 0 Å². The second-order valence-electron chi connectivity index (χ2n) is 4.93. The lowest BCUT2D eigenvalue weighted by Gasteiger charge is -2.37. The Morgan fingerprint density at radius 1 is 1.35 bits per heavy atom. The Balaban J connectivity index is 2.33. The van der Waals surface area contributed by atoms with Crippen LogP contribution >= 0.6 is 0 Å². The Morgan fingerprint density at radius 3 is 2.41 bits per heavy atom. The summed E-state index contributed by atoms with van der Waals surface area (Å²) >= 11 is 0. The topological polar surface area (TPSA) is 52.8 Å². The SMILES string of the molecule is CCN(C)C(=O)N1CCN(CC(C)CN)CC1. The number of nitrogens with zero attached hydrogens (tertiary/aromatic N) is 3. The molecule has 1 atom stereocenters. The van der Waals surface area contributed by atoms with Gasteiger partial charge in [-0.3, -0.25) is 4.90 Å². The standard InChI is InChI=1S/C12H26N4O/c1-4-14(3)12(17)16-7-5-15(6-8-16)10-11(2)9-13/h11H,4-10,13H2,1-3H3. The molecule has 1 saturated heterocycles. The van der Waals surface area contributed by atoms with E-state index in [-0.39, 0.29) is 6.03 Å². The molecule has 2 N–H and O–H groups in total. The number of piperazine rings is 1. The van der Waals surface area contributed by atoms with Gasteiger partial charge in [-0.25, -0.2) is 4.79 Å². The molecule has 0 aromatic heterocycles. The van der Waals surface area contributed by atoms with Crippen LogP contribution in [0.5, 0.6) is 0 Å². The van der Waals surface area contributed by atoms with Crippen molar-refractivity contribution in [3.63, 3.8) is 0 Å². The van der Waals surface area contributed by atoms with Crippen LogP contribution in [0.25, 0.3) is 0 Å². The molecule has 0 aromatic rings. The Labute approximate surface area is 105 Å². The molecule has 1 fully saturated rings. The number of hydrogen-bond donors (Lipinski definition) is 1. The van der Waals surface area contributed by atoms with Crippen LogP contribution < -0.4 is 5.73 Å². The molecule has 0 saturated carbocycles. The first kappa shape index (κ1) is 14.3. The first-order valence-corrected chi connectivity index (χ1v) is 6.51. The molecule has 100 valence electrons. The predicted molar refractivity (Wildman–Crippen MR) is 69.9 cm³/mol. The molecule has 1 aliphatic rings. The molecule has 2 amide bonds. The Hall–Kier alpha value is -0.810. The van der Waals surface area contributed by atoms with Gasteiger partial charge < -0.3 is 15.5 Å². The van der Waals surface area contributed by atoms with Crippen LogP contribution in [-0.2, 0) is 0 Å². The summed E-state index contributed by atoms with van der Waals surface area (Å²) in [5.74, 6) is 0.538. The summed E-state index contributed by atoms with van der Waals surface area (Å²) in [5, 5.41) is 0. The fraction of sp³-hybridized carbons (Fsp3) is 0.917. The van der Waals surface area contributed by atoms with Crippen molar-refractivity contribution in [2.75, 3.05) is 52.9 Å². The molecule has 17 heavy (non-hydrogen) atoms. The minimum atomic E-state index is 0.152. The largest absolute Gasteiger partial charge is 0.330 e. The van der Waals surface area contributed by atoms with E-state index in [1.807, 2.05) is 18.9 Å². The smallest absolute Gasteiger partial charge is 0.319 e. The van der Waals surface area contributed by atoms with Crippen LogP contribution in [0.4, 0.5) is 4.79 Å². The molecule has 5 heteroatoms. The van der Waals surface area contributed by atoms with Crippen molar-refractivity contribution in [1.82, 2.24) is 14.7 Å². The molecule has 1 heterocycles. The zero-order valence-electron chi connectivity index (χ0n) is 11.4. The third-order valence-electron chi connectivity index (χ3n) is 3.42. The number of urea groups is 1. The van der Waals surface area contributed by atoms with E-state index in [1.165, 1.54) is 0 Å². The Kier molecular flexibility index (Phi) is 5.71. The second-order valence-corrected chi connectivity index (χ2v) is 4.93. The first-order chi connectivity index (χ1) is 8.08. The summed E-state index contributed by atoms with van der Waals surface area (Å²) in [6, 6.07) is 0.152. The maximum Gasteiger partial charge on any atom is 0.319 e. The Morgan fingerprint density at radius 2 is 1.94 bits per heavy atom. The van der Waals surface area contributed by atoms with Crippen molar-refractivity contribution >= 4 is 6.03 Å². The fourth-order valence-corrected chi connectivity index (χ4v) is 2.01. The lowest BCUT2D eigenvalue weighted by atomic mass is 10.1. The van der Waals surface area contributed by atoms with Gasteiger partial charge >= 0.3 is 6.03 Å². The molecular formula is C12H26N4O. The molecule has 0 radical (unpaired) electrons. The highest BCUT2D eigenvalue weighted by molar-refractivity contribution is 5.74. The average molecular weight is 242 g/mol. The zero-order valence-corrected chi connectivity index (χ0v) is 11.4. The van der Waals surface area contributed by atoms with Crippen LogP contribution in [0.1, 0.15) is 13.8 Å². The molecule has 0 bridgehead atoms. The Bertz CT molecular complexity index is 239. The van der Waals surface area contributed by atoms with E-state index in [0.717, 1.165) is 45.8 Å². The van der Waals surface area contributed by atoms with Gasteiger partial charge in [-0.05, 0) is 19.4 Å². The third-order valence-corrected chi connectivity index (χ3v) is 3.42. The van der Waals surface area contributed by atoms with Gasteiger partial charge in [0.25, 0.3) is 0 Å². The van der Waals surface area contributed by atoms with Crippen molar-refractivity contribution in [3.05, 3.63) is 0 Å². The third kappa shape index (κ3) is 4.16. The number of carbonyl (C=O) groups excluding carboxylic acids is 1. The van der Waals surface area contributed by atoms with Gasteiger partial charge in [0.15, 0.2) is 0 Å². The van der Waals surface area contributed by atoms with E-state index in [4.69, 9.17) is 5.73 Å². The maximum atomic E-state index is 11.9. The van der Waals surface area contributed by atoms with Gasteiger partial charge in [-0.15, -0.1) is 0 Å². The number of rotatable bonds is 4. The van der Waals surface area contributed by atoms with E-state index >= 15 is 0 Å². The highest BCUT2D eigenvalue weighted by Gasteiger charge is 2.23. The normalized spacial score (nSPS) is 19.2. The van der Waals surface area contributed by atoms with Crippen molar-refractivity contribution in [2.24, 2.45) is 11.7 Å². The average Bonchev–Trinajstić information content (AvgIpc) is 2.37. The predicted octanol–water partition coefficient (Wildman–Crippen LogP) is 0.271. The van der Waals surface area contributed by atoms with Crippen molar-refractivity contribution in [2.45, 2.75) is 13.8 Å². The second kappa shape index (κ2) is 6.81. The van der Waals surface area contributed by atoms with Crippen LogP contribution in [-0.4, -0.2) is 73.6 Å². The summed E-state index contributed by atoms with van der Waals surface area (Å²) in [7, 11) is 1.85. The zero-order chi connectivity index (χ0) is 12.8. The monoisotopic (exact) mass is 242 g/mol. The highest BCUT2D eigenvalue weighted by atomic mass is 16.2. The van der Waals surface area contributed by atoms with Crippen molar-refractivity contribution in [1.29, 1.82) is 0 Å². The summed E-state index contributed by atoms with van der Waals surface area (Å²) < 4.78 is 0. The van der Waals surface area contributed by atoms with Gasteiger partial charge in [0.1, 0.15) is 0 Å². The summed E-state index contributed by atoms with van der Waals surface area (Å²) in [6.07, 6.45) is 0. The van der Waals surface area contributed by atoms with E-state index < -0.39 is 0 Å². The summed E-state index contributed by atoms with van der Waals surface area (Å²) in [4.78, 5) is 18.0. The first-order valence-electron chi connectivity index (χ1n) is 6.51. The van der Waals surface area contributed by atoms with Gasteiger partial charge in [-0.1, -0.05) is 6.92 Å². The van der Waals surface area contributed by atoms with Gasteiger partial charge in [-0.2, -0.15) is 0 Å². The number of hydrogen-bond acceptors (Lipinski definition) is 3. The number of nitrogens with two attached hydrogens (primary N) is 1. The van der Waals surface area contributed by atoms with Crippen LogP contribution in [0.3, 0.4) is 0 Å². The van der Waals surface area contributed by atoms with E-state index in [2.05, 4.69) is 11.8 Å². The highest BCUT2D eigenvalue weighted by Crippen LogP contribution is 2.07. The van der Waals surface area contributed by atoms with Gasteiger partial charge in [0, 0.05) is 46.3 Å². The number of carbonyl (C=O) groups is 1. The van der Waals surface area contributed by atoms with E-state index in [0.29, 0.717) is 5.92 Å². The number of amides is 2. The van der Waals surface area contributed by atoms with Crippen LogP contribution in [0.2, 0.25) is 0 Å². The molecule has 0 aromatic carbocycles. The maximum absolute atomic E-state index is 11.9. The quantitative estimate of drug-likeness (QED) is 0.770. The van der Waals surface area contributed by atoms with E-state index in [9.17, 15) is 4.79 Å². The lowest BCUT2D eigenvalue weighted by molar-refractivity contribution is 0.113. The lowest BCUT2D eigenvalue weighted by Crippen LogP contribution is -2.52. The fourth-order valence-electron chi connectivity index (χ4n) is 2.01. The van der Waals surface area contributed by atoms with Crippen LogP contribution in [0, 0.1) is 5.92 Å². The minimum Gasteiger partial charge on any atom is -0.330 e. The molecule has 0 spiro atoms. The van der Waals surface area contributed by atoms with Crippen molar-refractivity contribution < 1.29 is 4.79 Å². The van der Waals surface area contributed by atoms with Crippen LogP contribution in [0.15, 0.2) is 0 Å². The molecule has 5 nitrogen and oxygen atoms in total. The minimum absolute atomic E-state index is 0.152. The van der Waals surface area contributed by atoms with Crippen molar-refractivity contribution in [3.8, 4) is 0 Å². The summed E-state index contributed by atoms with van der Waals surface area (Å²) in [6.45, 7) is 10.3. The molecular weight excluding hydrogens is 216 g/mol. The van der Waals surface area contributed by atoms with E-state index in [1.54, 1.807) is 4.90 Å².